The fraction of sp³-hybridized carbons (Fsp3) is 0.750. The molecule has 0 saturated heterocycles. The molecule has 0 nitrogen and oxygen atoms in total. The predicted molar refractivity (Wildman–Crippen MR) is 37.0 cm³/mol. The van der Waals surface area contributed by atoms with Crippen molar-refractivity contribution in [1.82, 2.24) is 0 Å². The van der Waals surface area contributed by atoms with E-state index >= 15 is 0 Å². The first-order valence-corrected chi connectivity index (χ1v) is 4.30. The summed E-state index contributed by atoms with van der Waals surface area (Å²) in [5.74, 6) is 2.75. The zero-order valence-corrected chi connectivity index (χ0v) is 5.27. The van der Waals surface area contributed by atoms with Crippen LogP contribution in [0.4, 0.5) is 0 Å². The molecule has 0 N–H and O–H groups in total. The van der Waals surface area contributed by atoms with Crippen LogP contribution >= 0.6 is 23.1 Å². The van der Waals surface area contributed by atoms with Gasteiger partial charge in [0.1, 0.15) is 0 Å². The fourth-order valence-electron chi connectivity index (χ4n) is 0.397. The Morgan fingerprint density at radius 1 is 1.67 bits per heavy atom. The normalized spacial score (nSPS) is 22.7. The SMILES string of the molecule is C1=[SH]CCCS1. The standard InChI is InChI=1S/C4H8S2/c1-2-5-4-6-3-1/h4-5H,1-3H2. The second kappa shape index (κ2) is 2.69. The molecule has 1 heterocycles. The third-order valence-electron chi connectivity index (χ3n) is 0.698. The zero-order valence-electron chi connectivity index (χ0n) is 3.55. The smallest absolute Gasteiger partial charge is 0.00136 e. The molecule has 0 radical (unpaired) electrons. The molecule has 1 rings (SSSR count). The van der Waals surface area contributed by atoms with E-state index in [1.807, 2.05) is 11.8 Å². The van der Waals surface area contributed by atoms with Gasteiger partial charge in [-0.3, -0.25) is 0 Å². The minimum atomic E-state index is 1.35. The van der Waals surface area contributed by atoms with E-state index in [9.17, 15) is 0 Å². The van der Waals surface area contributed by atoms with Crippen LogP contribution in [-0.4, -0.2) is 16.2 Å². The number of hydrogen-bond acceptors (Lipinski definition) is 1. The Morgan fingerprint density at radius 3 is 2.83 bits per heavy atom. The van der Waals surface area contributed by atoms with Gasteiger partial charge in [0, 0.05) is 0 Å². The van der Waals surface area contributed by atoms with Crippen LogP contribution in [0.2, 0.25) is 0 Å². The van der Waals surface area contributed by atoms with Crippen molar-refractivity contribution < 1.29 is 0 Å². The molecule has 2 heteroatoms. The third kappa shape index (κ3) is 1.35. The molecule has 1 aliphatic rings. The summed E-state index contributed by atoms with van der Waals surface area (Å²) in [4.78, 5) is 0. The fourth-order valence-corrected chi connectivity index (χ4v) is 2.53. The van der Waals surface area contributed by atoms with Crippen LogP contribution in [0.5, 0.6) is 0 Å². The average molecular weight is 120 g/mol. The molecule has 0 aromatic heterocycles. The summed E-state index contributed by atoms with van der Waals surface area (Å²) in [5.41, 5.74) is 0. The average Bonchev–Trinajstić information content (AvgIpc) is 1.72. The highest BCUT2D eigenvalue weighted by Crippen LogP contribution is 2.08. The topological polar surface area (TPSA) is 0 Å². The second-order valence-corrected chi connectivity index (χ2v) is 3.63. The first-order chi connectivity index (χ1) is 3.00. The molecule has 0 aromatic rings. The lowest BCUT2D eigenvalue weighted by molar-refractivity contribution is 1.13. The van der Waals surface area contributed by atoms with Gasteiger partial charge in [0.2, 0.25) is 0 Å². The number of hydrogen-bond donors (Lipinski definition) is 1. The molecule has 36 valence electrons. The number of thioether (sulfide) groups is 1. The van der Waals surface area contributed by atoms with Crippen molar-refractivity contribution in [3.05, 3.63) is 0 Å². The molecule has 0 atom stereocenters. The highest BCUT2D eigenvalue weighted by molar-refractivity contribution is 8.25. The first kappa shape index (κ1) is 4.72. The minimum absolute atomic E-state index is 1.35. The van der Waals surface area contributed by atoms with E-state index in [-0.39, 0.29) is 0 Å². The largest absolute Gasteiger partial charge is 0.194 e. The lowest BCUT2D eigenvalue weighted by Gasteiger charge is -1.97. The van der Waals surface area contributed by atoms with Gasteiger partial charge in [-0.1, -0.05) is 0 Å². The van der Waals surface area contributed by atoms with Gasteiger partial charge >= 0.3 is 0 Å². The number of rotatable bonds is 0. The van der Waals surface area contributed by atoms with Crippen LogP contribution in [0.25, 0.3) is 0 Å². The predicted octanol–water partition coefficient (Wildman–Crippen LogP) is 1.35. The van der Waals surface area contributed by atoms with Crippen LogP contribution in [0, 0.1) is 0 Å². The van der Waals surface area contributed by atoms with E-state index in [4.69, 9.17) is 0 Å². The maximum atomic E-state index is 2.28. The molecule has 0 aliphatic carbocycles. The minimum Gasteiger partial charge on any atom is -0.194 e. The maximum Gasteiger partial charge on any atom is -0.00136 e. The van der Waals surface area contributed by atoms with E-state index in [1.165, 1.54) is 29.3 Å². The van der Waals surface area contributed by atoms with Gasteiger partial charge in [-0.05, 0) is 22.6 Å². The lowest BCUT2D eigenvalue weighted by atomic mass is 10.6. The van der Waals surface area contributed by atoms with E-state index in [0.29, 0.717) is 0 Å². The maximum absolute atomic E-state index is 2.28. The molecule has 0 unspecified atom stereocenters. The molecule has 0 bridgehead atoms. The molecule has 0 spiro atoms. The third-order valence-corrected chi connectivity index (χ3v) is 2.99. The molecule has 1 aliphatic heterocycles. The Morgan fingerprint density at radius 2 is 2.67 bits per heavy atom. The highest BCUT2D eigenvalue weighted by atomic mass is 32.2. The summed E-state index contributed by atoms with van der Waals surface area (Å²) in [7, 11) is 0. The van der Waals surface area contributed by atoms with Gasteiger partial charge in [0.25, 0.3) is 0 Å². The van der Waals surface area contributed by atoms with Crippen LogP contribution in [0.3, 0.4) is 0 Å². The van der Waals surface area contributed by atoms with E-state index in [2.05, 4.69) is 4.70 Å². The molecular weight excluding hydrogens is 112 g/mol. The van der Waals surface area contributed by atoms with Crippen molar-refractivity contribution in [2.24, 2.45) is 0 Å². The van der Waals surface area contributed by atoms with E-state index < -0.39 is 0 Å². The van der Waals surface area contributed by atoms with Gasteiger partial charge in [-0.25, -0.2) is 0 Å². The monoisotopic (exact) mass is 120 g/mol. The molecule has 6 heavy (non-hydrogen) atoms. The van der Waals surface area contributed by atoms with Crippen LogP contribution in [-0.2, 0) is 0 Å². The second-order valence-electron chi connectivity index (χ2n) is 1.24. The van der Waals surface area contributed by atoms with E-state index in [1.54, 1.807) is 0 Å². The van der Waals surface area contributed by atoms with Crippen molar-refractivity contribution >= 4 is 27.8 Å². The first-order valence-electron chi connectivity index (χ1n) is 2.10. The van der Waals surface area contributed by atoms with Crippen molar-refractivity contribution in [2.45, 2.75) is 6.42 Å². The van der Waals surface area contributed by atoms with Crippen molar-refractivity contribution in [1.29, 1.82) is 0 Å². The van der Waals surface area contributed by atoms with Gasteiger partial charge in [-0.2, -0.15) is 11.4 Å². The van der Waals surface area contributed by atoms with Crippen molar-refractivity contribution in [3.63, 3.8) is 0 Å². The van der Waals surface area contributed by atoms with Crippen molar-refractivity contribution in [2.75, 3.05) is 11.5 Å². The summed E-state index contributed by atoms with van der Waals surface area (Å²) < 4.78 is 2.28. The summed E-state index contributed by atoms with van der Waals surface area (Å²) in [6.45, 7) is 0. The van der Waals surface area contributed by atoms with Crippen LogP contribution in [0.15, 0.2) is 0 Å². The molecule has 0 saturated carbocycles. The molecular formula is C4H8S2. The quantitative estimate of drug-likeness (QED) is 0.372. The van der Waals surface area contributed by atoms with Crippen LogP contribution in [0.1, 0.15) is 6.42 Å². The van der Waals surface area contributed by atoms with Crippen LogP contribution < -0.4 is 0 Å². The van der Waals surface area contributed by atoms with Gasteiger partial charge in [0.05, 0.1) is 0 Å². The Bertz CT molecular complexity index is 50.6. The molecule has 0 amide bonds. The highest BCUT2D eigenvalue weighted by Gasteiger charge is 1.87. The number of thiol groups is 1. The Kier molecular flexibility index (Phi) is 2.12. The lowest BCUT2D eigenvalue weighted by Crippen LogP contribution is -1.85. The summed E-state index contributed by atoms with van der Waals surface area (Å²) >= 11 is 3.49. The van der Waals surface area contributed by atoms with Gasteiger partial charge in [0.15, 0.2) is 0 Å². The zero-order chi connectivity index (χ0) is 4.24. The van der Waals surface area contributed by atoms with Gasteiger partial charge in [-0.15, -0.1) is 11.8 Å². The van der Waals surface area contributed by atoms with E-state index in [0.717, 1.165) is 0 Å². The summed E-state index contributed by atoms with van der Waals surface area (Å²) in [5, 5.41) is 0. The Hall–Kier alpha value is 0.570. The van der Waals surface area contributed by atoms with Gasteiger partial charge < -0.3 is 0 Å². The molecule has 0 aromatic carbocycles. The Labute approximate surface area is 46.3 Å². The summed E-state index contributed by atoms with van der Waals surface area (Å²) in [6.07, 6.45) is 1.42. The molecule has 0 fully saturated rings. The summed E-state index contributed by atoms with van der Waals surface area (Å²) in [6, 6.07) is 0. The Balaban J connectivity index is 2.26. The van der Waals surface area contributed by atoms with Crippen molar-refractivity contribution in [3.8, 4) is 0 Å².